The number of nitriles is 1. The van der Waals surface area contributed by atoms with Gasteiger partial charge in [0.2, 0.25) is 0 Å². The van der Waals surface area contributed by atoms with E-state index in [1.54, 1.807) is 37.3 Å². The van der Waals surface area contributed by atoms with E-state index in [1.165, 1.54) is 0 Å². The first-order valence-electron chi connectivity index (χ1n) is 8.66. The van der Waals surface area contributed by atoms with Crippen molar-refractivity contribution in [2.24, 2.45) is 0 Å². The first kappa shape index (κ1) is 18.9. The predicted molar refractivity (Wildman–Crippen MR) is 110 cm³/mol. The Balaban J connectivity index is 1.78. The number of amides is 1. The van der Waals surface area contributed by atoms with Gasteiger partial charge in [0.05, 0.1) is 11.6 Å². The third kappa shape index (κ3) is 4.62. The molecule has 0 aliphatic rings. The first-order chi connectivity index (χ1) is 13.4. The Morgan fingerprint density at radius 3 is 2.46 bits per heavy atom. The quantitative estimate of drug-likeness (QED) is 0.709. The molecule has 7 heteroatoms. The van der Waals surface area contributed by atoms with Gasteiger partial charge in [-0.05, 0) is 49.4 Å². The molecule has 3 rings (SSSR count). The van der Waals surface area contributed by atoms with Gasteiger partial charge in [0, 0.05) is 37.2 Å². The molecule has 2 aromatic carbocycles. The van der Waals surface area contributed by atoms with E-state index in [-0.39, 0.29) is 11.6 Å². The summed E-state index contributed by atoms with van der Waals surface area (Å²) in [7, 11) is 3.96. The van der Waals surface area contributed by atoms with Gasteiger partial charge in [-0.25, -0.2) is 9.97 Å². The van der Waals surface area contributed by atoms with E-state index in [1.807, 2.05) is 49.3 Å². The topological polar surface area (TPSA) is 93.9 Å². The maximum atomic E-state index is 12.6. The number of aryl methyl sites for hydroxylation is 1. The molecule has 1 heterocycles. The second-order valence-corrected chi connectivity index (χ2v) is 6.40. The fourth-order valence-electron chi connectivity index (χ4n) is 2.60. The lowest BCUT2D eigenvalue weighted by Gasteiger charge is -2.13. The van der Waals surface area contributed by atoms with E-state index in [9.17, 15) is 4.79 Å². The number of rotatable bonds is 5. The number of anilines is 4. The van der Waals surface area contributed by atoms with Gasteiger partial charge in [-0.3, -0.25) is 4.79 Å². The molecule has 0 atom stereocenters. The summed E-state index contributed by atoms with van der Waals surface area (Å²) >= 11 is 0. The minimum absolute atomic E-state index is 0.238. The Morgan fingerprint density at radius 1 is 1.04 bits per heavy atom. The lowest BCUT2D eigenvalue weighted by atomic mass is 10.2. The fraction of sp³-hybridized carbons (Fsp3) is 0.143. The summed E-state index contributed by atoms with van der Waals surface area (Å²) in [5, 5.41) is 14.9. The average molecular weight is 372 g/mol. The van der Waals surface area contributed by atoms with Crippen LogP contribution in [0, 0.1) is 18.3 Å². The number of benzene rings is 2. The summed E-state index contributed by atoms with van der Waals surface area (Å²) in [5.74, 6) is 0.637. The summed E-state index contributed by atoms with van der Waals surface area (Å²) < 4.78 is 0. The molecular formula is C21H20N6O. The van der Waals surface area contributed by atoms with Crippen molar-refractivity contribution in [3.8, 4) is 6.07 Å². The van der Waals surface area contributed by atoms with Crippen molar-refractivity contribution >= 4 is 28.8 Å². The summed E-state index contributed by atoms with van der Waals surface area (Å²) in [6, 6.07) is 18.2. The predicted octanol–water partition coefficient (Wildman–Crippen LogP) is 3.72. The van der Waals surface area contributed by atoms with Gasteiger partial charge in [-0.15, -0.1) is 0 Å². The molecular weight excluding hydrogens is 352 g/mol. The number of hydrogen-bond donors (Lipinski definition) is 2. The fourth-order valence-corrected chi connectivity index (χ4v) is 2.60. The van der Waals surface area contributed by atoms with Crippen LogP contribution in [0.15, 0.2) is 54.6 Å². The summed E-state index contributed by atoms with van der Waals surface area (Å²) in [5.41, 5.74) is 3.19. The molecule has 2 N–H and O–H groups in total. The first-order valence-corrected chi connectivity index (χ1v) is 8.66. The molecule has 0 radical (unpaired) electrons. The van der Waals surface area contributed by atoms with Gasteiger partial charge in [0.1, 0.15) is 17.3 Å². The molecule has 0 spiro atoms. The summed E-state index contributed by atoms with van der Waals surface area (Å²) in [4.78, 5) is 23.2. The number of carbonyl (C=O) groups is 1. The minimum atomic E-state index is -0.369. The van der Waals surface area contributed by atoms with E-state index in [0.29, 0.717) is 22.9 Å². The maximum absolute atomic E-state index is 12.6. The lowest BCUT2D eigenvalue weighted by Crippen LogP contribution is -2.15. The number of carbonyl (C=O) groups excluding carboxylic acids is 1. The van der Waals surface area contributed by atoms with Crippen LogP contribution in [-0.4, -0.2) is 30.0 Å². The van der Waals surface area contributed by atoms with Crippen LogP contribution in [0.25, 0.3) is 0 Å². The van der Waals surface area contributed by atoms with Gasteiger partial charge in [0.15, 0.2) is 0 Å². The lowest BCUT2D eigenvalue weighted by molar-refractivity contribution is 0.102. The highest BCUT2D eigenvalue weighted by Gasteiger charge is 2.11. The Kier molecular flexibility index (Phi) is 5.51. The molecule has 7 nitrogen and oxygen atoms in total. The molecule has 28 heavy (non-hydrogen) atoms. The monoisotopic (exact) mass is 372 g/mol. The zero-order valence-corrected chi connectivity index (χ0v) is 15.9. The second kappa shape index (κ2) is 8.18. The molecule has 1 aromatic heterocycles. The number of nitrogens with zero attached hydrogens (tertiary/aromatic N) is 4. The Bertz CT molecular complexity index is 1040. The standard InChI is InChI=1S/C21H20N6O/c1-14-23-19(21(28)26-17-6-4-5-15(11-17)13-22)12-20(24-14)25-16-7-9-18(10-8-16)27(2)3/h4-12H,1-3H3,(H,26,28)(H,23,24,25). The van der Waals surface area contributed by atoms with E-state index < -0.39 is 0 Å². The number of hydrogen-bond acceptors (Lipinski definition) is 6. The van der Waals surface area contributed by atoms with Gasteiger partial charge in [-0.2, -0.15) is 5.26 Å². The highest BCUT2D eigenvalue weighted by Crippen LogP contribution is 2.20. The van der Waals surface area contributed by atoms with Crippen LogP contribution in [0.1, 0.15) is 21.9 Å². The molecule has 3 aromatic rings. The van der Waals surface area contributed by atoms with Crippen LogP contribution in [0.4, 0.5) is 22.9 Å². The Labute approximate surface area is 163 Å². The molecule has 0 saturated carbocycles. The average Bonchev–Trinajstić information content (AvgIpc) is 2.68. The highest BCUT2D eigenvalue weighted by atomic mass is 16.1. The molecule has 0 unspecified atom stereocenters. The van der Waals surface area contributed by atoms with Crippen molar-refractivity contribution in [1.82, 2.24) is 9.97 Å². The van der Waals surface area contributed by atoms with Crippen LogP contribution < -0.4 is 15.5 Å². The van der Waals surface area contributed by atoms with E-state index in [2.05, 4.69) is 20.6 Å². The zero-order chi connectivity index (χ0) is 20.1. The van der Waals surface area contributed by atoms with Gasteiger partial charge in [-0.1, -0.05) is 6.07 Å². The normalized spacial score (nSPS) is 10.1. The molecule has 0 aliphatic carbocycles. The molecule has 0 saturated heterocycles. The van der Waals surface area contributed by atoms with Crippen LogP contribution >= 0.6 is 0 Å². The third-order valence-corrected chi connectivity index (χ3v) is 3.98. The molecule has 0 fully saturated rings. The van der Waals surface area contributed by atoms with Crippen molar-refractivity contribution in [3.63, 3.8) is 0 Å². The van der Waals surface area contributed by atoms with Crippen LogP contribution in [0.5, 0.6) is 0 Å². The van der Waals surface area contributed by atoms with Crippen LogP contribution in [0.2, 0.25) is 0 Å². The van der Waals surface area contributed by atoms with Crippen LogP contribution in [-0.2, 0) is 0 Å². The van der Waals surface area contributed by atoms with Crippen molar-refractivity contribution in [3.05, 3.63) is 71.7 Å². The van der Waals surface area contributed by atoms with Crippen molar-refractivity contribution < 1.29 is 4.79 Å². The SMILES string of the molecule is Cc1nc(Nc2ccc(N(C)C)cc2)cc(C(=O)Nc2cccc(C#N)c2)n1. The second-order valence-electron chi connectivity index (χ2n) is 6.40. The van der Waals surface area contributed by atoms with Gasteiger partial charge >= 0.3 is 0 Å². The van der Waals surface area contributed by atoms with Crippen molar-refractivity contribution in [1.29, 1.82) is 5.26 Å². The molecule has 1 amide bonds. The molecule has 140 valence electrons. The summed E-state index contributed by atoms with van der Waals surface area (Å²) in [6.07, 6.45) is 0. The highest BCUT2D eigenvalue weighted by molar-refractivity contribution is 6.03. The Hall–Kier alpha value is -3.92. The maximum Gasteiger partial charge on any atom is 0.274 e. The number of aromatic nitrogens is 2. The van der Waals surface area contributed by atoms with Gasteiger partial charge in [0.25, 0.3) is 5.91 Å². The van der Waals surface area contributed by atoms with E-state index in [0.717, 1.165) is 11.4 Å². The van der Waals surface area contributed by atoms with E-state index in [4.69, 9.17) is 5.26 Å². The molecule has 0 aliphatic heterocycles. The number of nitrogens with one attached hydrogen (secondary N) is 2. The van der Waals surface area contributed by atoms with Crippen LogP contribution in [0.3, 0.4) is 0 Å². The third-order valence-electron chi connectivity index (χ3n) is 3.98. The van der Waals surface area contributed by atoms with Gasteiger partial charge < -0.3 is 15.5 Å². The van der Waals surface area contributed by atoms with Crippen molar-refractivity contribution in [2.75, 3.05) is 29.6 Å². The zero-order valence-electron chi connectivity index (χ0n) is 15.9. The largest absolute Gasteiger partial charge is 0.378 e. The van der Waals surface area contributed by atoms with Crippen molar-refractivity contribution in [2.45, 2.75) is 6.92 Å². The Morgan fingerprint density at radius 2 is 1.79 bits per heavy atom. The van der Waals surface area contributed by atoms with E-state index >= 15 is 0 Å². The smallest absolute Gasteiger partial charge is 0.274 e. The summed E-state index contributed by atoms with van der Waals surface area (Å²) in [6.45, 7) is 1.73. The minimum Gasteiger partial charge on any atom is -0.378 e. The molecule has 0 bridgehead atoms.